The number of carbonyl (C=O) groups excluding carboxylic acids is 1. The molecule has 0 radical (unpaired) electrons. The summed E-state index contributed by atoms with van der Waals surface area (Å²) in [6.45, 7) is 5.42. The van der Waals surface area contributed by atoms with Crippen LogP contribution in [0.5, 0.6) is 0 Å². The molecule has 14 heteroatoms. The van der Waals surface area contributed by atoms with Crippen LogP contribution >= 0.6 is 0 Å². The van der Waals surface area contributed by atoms with Crippen molar-refractivity contribution >= 4 is 21.5 Å². The van der Waals surface area contributed by atoms with Crippen molar-refractivity contribution in [3.05, 3.63) is 41.9 Å². The average Bonchev–Trinajstić information content (AvgIpc) is 3.28. The van der Waals surface area contributed by atoms with Crippen LogP contribution in [-0.4, -0.2) is 80.4 Å². The zero-order valence-corrected chi connectivity index (χ0v) is 20.2. The third-order valence-electron chi connectivity index (χ3n) is 4.73. The van der Waals surface area contributed by atoms with Crippen molar-refractivity contribution in [2.45, 2.75) is 24.9 Å². The maximum atomic E-state index is 13.0. The lowest BCUT2D eigenvalue weighted by atomic mass is 10.2. The van der Waals surface area contributed by atoms with Gasteiger partial charge in [0.15, 0.2) is 9.84 Å². The number of likely N-dealkylation sites (N-methyl/N-ethyl adjacent to an activating group) is 1. The summed E-state index contributed by atoms with van der Waals surface area (Å²) in [6, 6.07) is 5.60. The number of allylic oxidation sites excluding steroid dienone is 2. The Balaban J connectivity index is 2.29. The predicted octanol–water partition coefficient (Wildman–Crippen LogP) is 2.22. The van der Waals surface area contributed by atoms with E-state index in [0.29, 0.717) is 12.6 Å². The molecule has 1 heterocycles. The number of carbonyl (C=O) groups is 1. The molecule has 0 amide bonds. The smallest absolute Gasteiger partial charge is 0.430 e. The first-order chi connectivity index (χ1) is 16.3. The first-order valence-corrected chi connectivity index (χ1v) is 12.4. The van der Waals surface area contributed by atoms with E-state index in [1.165, 1.54) is 24.3 Å². The van der Waals surface area contributed by atoms with Crippen molar-refractivity contribution in [1.82, 2.24) is 15.0 Å². The second kappa shape index (κ2) is 11.9. The van der Waals surface area contributed by atoms with E-state index in [0.717, 1.165) is 19.3 Å². The minimum atomic E-state index is -4.86. The molecule has 0 aliphatic heterocycles. The summed E-state index contributed by atoms with van der Waals surface area (Å²) in [5.74, 6) is -1.32. The fourth-order valence-corrected chi connectivity index (χ4v) is 3.41. The van der Waals surface area contributed by atoms with E-state index in [9.17, 15) is 26.4 Å². The van der Waals surface area contributed by atoms with Crippen LogP contribution in [0.2, 0.25) is 0 Å². The van der Waals surface area contributed by atoms with Crippen molar-refractivity contribution < 1.29 is 35.6 Å². The van der Waals surface area contributed by atoms with Gasteiger partial charge in [0.05, 0.1) is 4.90 Å². The Morgan fingerprint density at radius 3 is 2.57 bits per heavy atom. The highest BCUT2D eigenvalue weighted by Gasteiger charge is 2.32. The van der Waals surface area contributed by atoms with Crippen LogP contribution in [0.25, 0.3) is 11.4 Å². The second-order valence-electron chi connectivity index (χ2n) is 7.27. The van der Waals surface area contributed by atoms with E-state index >= 15 is 0 Å². The number of ether oxygens (including phenoxy) is 1. The molecule has 0 atom stereocenters. The fourth-order valence-electron chi connectivity index (χ4n) is 2.74. The summed E-state index contributed by atoms with van der Waals surface area (Å²) in [4.78, 5) is 21.9. The average molecular weight is 518 g/mol. The molecule has 1 aromatic carbocycles. The first kappa shape index (κ1) is 28.0. The van der Waals surface area contributed by atoms with E-state index in [-0.39, 0.29) is 22.9 Å². The first-order valence-electron chi connectivity index (χ1n) is 10.5. The number of halogens is 3. The fraction of sp³-hybridized carbons (Fsp3) is 0.429. The van der Waals surface area contributed by atoms with Crippen LogP contribution in [0.3, 0.4) is 0 Å². The van der Waals surface area contributed by atoms with Gasteiger partial charge in [-0.2, -0.15) is 18.2 Å². The highest BCUT2D eigenvalue weighted by Crippen LogP contribution is 2.23. The summed E-state index contributed by atoms with van der Waals surface area (Å²) in [5.41, 5.74) is 3.36. The topological polar surface area (TPSA) is 141 Å². The van der Waals surface area contributed by atoms with Crippen molar-refractivity contribution in [3.63, 3.8) is 0 Å². The zero-order chi connectivity index (χ0) is 26.2. The summed E-state index contributed by atoms with van der Waals surface area (Å²) in [5, 5.41) is 3.68. The number of hydrogen-bond acceptors (Lipinski definition) is 10. The van der Waals surface area contributed by atoms with Crippen molar-refractivity contribution in [3.8, 4) is 11.4 Å². The van der Waals surface area contributed by atoms with E-state index < -0.39 is 45.8 Å². The molecule has 1 aromatic heterocycles. The van der Waals surface area contributed by atoms with Crippen LogP contribution in [-0.2, 0) is 19.4 Å². The number of rotatable bonds is 11. The molecule has 0 spiro atoms. The zero-order valence-electron chi connectivity index (χ0n) is 19.4. The third kappa shape index (κ3) is 8.47. The normalized spacial score (nSPS) is 13.3. The van der Waals surface area contributed by atoms with Gasteiger partial charge in [-0.25, -0.2) is 8.42 Å². The molecule has 0 fully saturated rings. The molecule has 10 nitrogen and oxygen atoms in total. The minimum absolute atomic E-state index is 0.0103. The molecule has 2 aromatic rings. The molecule has 2 N–H and O–H groups in total. The predicted molar refractivity (Wildman–Crippen MR) is 121 cm³/mol. The number of aromatic nitrogens is 2. The Kier molecular flexibility index (Phi) is 9.54. The molecule has 0 saturated heterocycles. The number of benzene rings is 1. The quantitative estimate of drug-likeness (QED) is 0.351. The highest BCUT2D eigenvalue weighted by atomic mass is 32.2. The van der Waals surface area contributed by atoms with Gasteiger partial charge in [0.25, 0.3) is 5.89 Å². The SMILES string of the molecule is CCN(CC)CCOC(=O)CN=C(C=C(N)C(F)(F)F)c1nc(-c2cccc(S(C)(=O)=O)c2)no1. The number of hydrogen-bond donors (Lipinski definition) is 1. The van der Waals surface area contributed by atoms with Gasteiger partial charge in [-0.1, -0.05) is 31.1 Å². The Labute approximate surface area is 200 Å². The highest BCUT2D eigenvalue weighted by molar-refractivity contribution is 7.90. The van der Waals surface area contributed by atoms with Crippen LogP contribution in [0.1, 0.15) is 19.7 Å². The molecule has 2 rings (SSSR count). The van der Waals surface area contributed by atoms with Gasteiger partial charge in [0.2, 0.25) is 5.82 Å². The summed E-state index contributed by atoms with van der Waals surface area (Å²) >= 11 is 0. The summed E-state index contributed by atoms with van der Waals surface area (Å²) < 4.78 is 72.6. The molecular formula is C21H26F3N5O5S. The third-order valence-corrected chi connectivity index (χ3v) is 5.84. The summed E-state index contributed by atoms with van der Waals surface area (Å²) in [7, 11) is -3.53. The lowest BCUT2D eigenvalue weighted by Gasteiger charge is -2.17. The van der Waals surface area contributed by atoms with Gasteiger partial charge in [0.1, 0.15) is 24.6 Å². The molecule has 0 unspecified atom stereocenters. The molecule has 0 aliphatic carbocycles. The number of aliphatic imine (C=N–C) groups is 1. The minimum Gasteiger partial charge on any atom is -0.463 e. The molecule has 0 saturated carbocycles. The van der Waals surface area contributed by atoms with Crippen LogP contribution in [0.4, 0.5) is 13.2 Å². The molecule has 0 bridgehead atoms. The van der Waals surface area contributed by atoms with Gasteiger partial charge in [-0.05, 0) is 31.3 Å². The lowest BCUT2D eigenvalue weighted by molar-refractivity contribution is -0.142. The maximum absolute atomic E-state index is 13.0. The van der Waals surface area contributed by atoms with Gasteiger partial charge in [-0.15, -0.1) is 0 Å². The van der Waals surface area contributed by atoms with E-state index in [2.05, 4.69) is 15.1 Å². The molecule has 35 heavy (non-hydrogen) atoms. The van der Waals surface area contributed by atoms with Gasteiger partial charge in [0, 0.05) is 18.4 Å². The number of alkyl halides is 3. The van der Waals surface area contributed by atoms with E-state index in [4.69, 9.17) is 15.0 Å². The number of esters is 1. The summed E-state index contributed by atoms with van der Waals surface area (Å²) in [6.07, 6.45) is -3.38. The van der Waals surface area contributed by atoms with E-state index in [1.54, 1.807) is 0 Å². The van der Waals surface area contributed by atoms with Gasteiger partial charge >= 0.3 is 12.1 Å². The monoisotopic (exact) mass is 517 g/mol. The largest absolute Gasteiger partial charge is 0.463 e. The second-order valence-corrected chi connectivity index (χ2v) is 9.29. The Bertz CT molecular complexity index is 1190. The van der Waals surface area contributed by atoms with Crippen molar-refractivity contribution in [2.24, 2.45) is 10.7 Å². The Morgan fingerprint density at radius 2 is 1.97 bits per heavy atom. The van der Waals surface area contributed by atoms with Crippen LogP contribution in [0, 0.1) is 0 Å². The van der Waals surface area contributed by atoms with Crippen molar-refractivity contribution in [1.29, 1.82) is 0 Å². The number of nitrogens with zero attached hydrogens (tertiary/aromatic N) is 4. The van der Waals surface area contributed by atoms with E-state index in [1.807, 2.05) is 18.7 Å². The molecule has 192 valence electrons. The van der Waals surface area contributed by atoms with Crippen LogP contribution in [0.15, 0.2) is 50.4 Å². The van der Waals surface area contributed by atoms with Crippen LogP contribution < -0.4 is 5.73 Å². The Morgan fingerprint density at radius 1 is 1.29 bits per heavy atom. The molecular weight excluding hydrogens is 491 g/mol. The standard InChI is InChI=1S/C21H26F3N5O5S/c1-4-29(5-2)9-10-33-18(30)13-26-16(12-17(25)21(22,23)24)20-27-19(28-34-20)14-7-6-8-15(11-14)35(3,31)32/h6-8,11-12H,4-5,9-10,13,25H2,1-3H3. The van der Waals surface area contributed by atoms with Gasteiger partial charge < -0.3 is 19.9 Å². The van der Waals surface area contributed by atoms with Gasteiger partial charge in [-0.3, -0.25) is 9.79 Å². The lowest BCUT2D eigenvalue weighted by Crippen LogP contribution is -2.28. The molecule has 0 aliphatic rings. The number of sulfone groups is 1. The number of nitrogens with two attached hydrogens (primary N) is 1. The van der Waals surface area contributed by atoms with Crippen molar-refractivity contribution in [2.75, 3.05) is 39.0 Å². The maximum Gasteiger partial charge on any atom is 0.430 e. The Hall–Kier alpha value is -3.26.